The van der Waals surface area contributed by atoms with E-state index in [1.165, 1.54) is 16.5 Å². The highest BCUT2D eigenvalue weighted by atomic mass is 35.5. The van der Waals surface area contributed by atoms with E-state index in [1.807, 2.05) is 25.1 Å². The Hall–Kier alpha value is -2.08. The molecule has 0 radical (unpaired) electrons. The van der Waals surface area contributed by atoms with E-state index in [0.717, 1.165) is 67.1 Å². The van der Waals surface area contributed by atoms with Crippen molar-refractivity contribution in [3.63, 3.8) is 0 Å². The Morgan fingerprint density at radius 2 is 1.78 bits per heavy atom. The van der Waals surface area contributed by atoms with Gasteiger partial charge in [-0.1, -0.05) is 49.7 Å². The molecule has 0 amide bonds. The van der Waals surface area contributed by atoms with Gasteiger partial charge in [0.05, 0.1) is 0 Å². The maximum Gasteiger partial charge on any atom is 0.173 e. The van der Waals surface area contributed by atoms with Gasteiger partial charge in [0, 0.05) is 47.4 Å². The van der Waals surface area contributed by atoms with Crippen LogP contribution in [0.1, 0.15) is 38.3 Å². The molecule has 0 unspecified atom stereocenters. The van der Waals surface area contributed by atoms with E-state index in [-0.39, 0.29) is 0 Å². The van der Waals surface area contributed by atoms with Gasteiger partial charge < -0.3 is 19.7 Å². The second kappa shape index (κ2) is 11.7. The number of fused-ring (bicyclic) bond motifs is 1. The second-order valence-corrected chi connectivity index (χ2v) is 8.90. The predicted octanol–water partition coefficient (Wildman–Crippen LogP) is 6.55. The van der Waals surface area contributed by atoms with Crippen LogP contribution in [0.5, 0.6) is 0 Å². The Bertz CT molecular complexity index is 1040. The first-order valence-corrected chi connectivity index (χ1v) is 12.4. The van der Waals surface area contributed by atoms with Crippen LogP contribution in [0.2, 0.25) is 5.02 Å². The number of anilines is 1. The lowest BCUT2D eigenvalue weighted by Crippen LogP contribution is -2.37. The molecule has 1 aromatic heterocycles. The van der Waals surface area contributed by atoms with Gasteiger partial charge in [-0.15, -0.1) is 0 Å². The van der Waals surface area contributed by atoms with Gasteiger partial charge >= 0.3 is 0 Å². The van der Waals surface area contributed by atoms with Crippen molar-refractivity contribution in [2.24, 2.45) is 0 Å². The summed E-state index contributed by atoms with van der Waals surface area (Å²) in [5, 5.41) is 6.24. The fourth-order valence-corrected chi connectivity index (χ4v) is 4.57. The van der Waals surface area contributed by atoms with E-state index in [2.05, 4.69) is 70.9 Å². The standard InChI is InChI=1S/C26H35ClN4S/c1-5-29(6-2)16-11-17-31(26(32)28-24-14-10-13-23(27)20(24)4)19-21-18-30(7-3)25-15-9-8-12-22(21)25/h8-10,12-15,18H,5-7,11,16-17,19H2,1-4H3,(H,28,32). The Morgan fingerprint density at radius 1 is 1.03 bits per heavy atom. The van der Waals surface area contributed by atoms with Crippen molar-refractivity contribution in [1.29, 1.82) is 0 Å². The zero-order valence-electron chi connectivity index (χ0n) is 19.7. The highest BCUT2D eigenvalue weighted by Crippen LogP contribution is 2.25. The number of para-hydroxylation sites is 1. The Labute approximate surface area is 203 Å². The average Bonchev–Trinajstić information content (AvgIpc) is 3.16. The summed E-state index contributed by atoms with van der Waals surface area (Å²) >= 11 is 12.2. The minimum Gasteiger partial charge on any atom is -0.347 e. The molecule has 1 N–H and O–H groups in total. The maximum absolute atomic E-state index is 6.34. The first-order chi connectivity index (χ1) is 15.5. The highest BCUT2D eigenvalue weighted by molar-refractivity contribution is 7.80. The summed E-state index contributed by atoms with van der Waals surface area (Å²) in [5.74, 6) is 0. The van der Waals surface area contributed by atoms with E-state index < -0.39 is 0 Å². The topological polar surface area (TPSA) is 23.4 Å². The Morgan fingerprint density at radius 3 is 2.50 bits per heavy atom. The second-order valence-electron chi connectivity index (χ2n) is 8.10. The molecule has 0 fully saturated rings. The fraction of sp³-hybridized carbons (Fsp3) is 0.423. The van der Waals surface area contributed by atoms with Crippen LogP contribution in [0.3, 0.4) is 0 Å². The summed E-state index contributed by atoms with van der Waals surface area (Å²) in [7, 11) is 0. The molecule has 0 bridgehead atoms. The maximum atomic E-state index is 6.34. The van der Waals surface area contributed by atoms with E-state index in [1.54, 1.807) is 0 Å². The number of hydrogen-bond acceptors (Lipinski definition) is 2. The molecule has 1 heterocycles. The molecular formula is C26H35ClN4S. The lowest BCUT2D eigenvalue weighted by atomic mass is 10.1. The summed E-state index contributed by atoms with van der Waals surface area (Å²) in [6, 6.07) is 14.5. The number of aromatic nitrogens is 1. The van der Waals surface area contributed by atoms with Gasteiger partial charge in [0.2, 0.25) is 0 Å². The van der Waals surface area contributed by atoms with Crippen molar-refractivity contribution in [3.8, 4) is 0 Å². The van der Waals surface area contributed by atoms with Crippen molar-refractivity contribution in [1.82, 2.24) is 14.4 Å². The van der Waals surface area contributed by atoms with Gasteiger partial charge in [0.25, 0.3) is 0 Å². The Kier molecular flexibility index (Phi) is 8.97. The minimum absolute atomic E-state index is 0.739. The van der Waals surface area contributed by atoms with Crippen molar-refractivity contribution >= 4 is 45.5 Å². The van der Waals surface area contributed by atoms with Crippen LogP contribution in [0.15, 0.2) is 48.7 Å². The van der Waals surface area contributed by atoms with Crippen LogP contribution in [0.25, 0.3) is 10.9 Å². The van der Waals surface area contributed by atoms with Gasteiger partial charge in [-0.25, -0.2) is 0 Å². The van der Waals surface area contributed by atoms with Crippen LogP contribution in [0.4, 0.5) is 5.69 Å². The van der Waals surface area contributed by atoms with Crippen LogP contribution in [-0.2, 0) is 13.1 Å². The molecule has 3 aromatic rings. The molecule has 0 aliphatic carbocycles. The molecule has 0 saturated heterocycles. The Balaban J connectivity index is 1.83. The van der Waals surface area contributed by atoms with Crippen LogP contribution in [-0.4, -0.2) is 45.7 Å². The summed E-state index contributed by atoms with van der Waals surface area (Å²) in [6.07, 6.45) is 3.33. The quantitative estimate of drug-likeness (QED) is 0.339. The van der Waals surface area contributed by atoms with Crippen molar-refractivity contribution < 1.29 is 0 Å². The molecule has 2 aromatic carbocycles. The van der Waals surface area contributed by atoms with Crippen molar-refractivity contribution in [2.45, 2.75) is 47.2 Å². The van der Waals surface area contributed by atoms with Gasteiger partial charge in [0.1, 0.15) is 0 Å². The molecule has 4 nitrogen and oxygen atoms in total. The van der Waals surface area contributed by atoms with Crippen LogP contribution < -0.4 is 5.32 Å². The molecule has 6 heteroatoms. The number of benzene rings is 2. The summed E-state index contributed by atoms with van der Waals surface area (Å²) in [6.45, 7) is 14.5. The van der Waals surface area contributed by atoms with Crippen LogP contribution in [0, 0.1) is 6.92 Å². The minimum atomic E-state index is 0.739. The lowest BCUT2D eigenvalue weighted by molar-refractivity contribution is 0.281. The molecular weight excluding hydrogens is 436 g/mol. The first-order valence-electron chi connectivity index (χ1n) is 11.6. The first kappa shape index (κ1) is 24.6. The summed E-state index contributed by atoms with van der Waals surface area (Å²) < 4.78 is 2.32. The molecule has 3 rings (SSSR count). The third-order valence-corrected chi connectivity index (χ3v) is 6.94. The molecule has 0 aliphatic heterocycles. The van der Waals surface area contributed by atoms with Gasteiger partial charge in [0.15, 0.2) is 5.11 Å². The number of rotatable bonds is 10. The van der Waals surface area contributed by atoms with Gasteiger partial charge in [-0.3, -0.25) is 0 Å². The fourth-order valence-electron chi connectivity index (χ4n) is 4.13. The smallest absolute Gasteiger partial charge is 0.173 e. The number of nitrogens with zero attached hydrogens (tertiary/aromatic N) is 3. The van der Waals surface area contributed by atoms with Crippen molar-refractivity contribution in [2.75, 3.05) is 31.5 Å². The molecule has 0 saturated carbocycles. The normalized spacial score (nSPS) is 11.3. The molecule has 0 aliphatic rings. The van der Waals surface area contributed by atoms with E-state index in [9.17, 15) is 0 Å². The predicted molar refractivity (Wildman–Crippen MR) is 143 cm³/mol. The lowest BCUT2D eigenvalue weighted by Gasteiger charge is -2.28. The van der Waals surface area contributed by atoms with Crippen molar-refractivity contribution in [3.05, 3.63) is 64.8 Å². The van der Waals surface area contributed by atoms with Gasteiger partial charge in [-0.05, 0) is 81.4 Å². The molecule has 32 heavy (non-hydrogen) atoms. The number of aryl methyl sites for hydroxylation is 1. The van der Waals surface area contributed by atoms with E-state index >= 15 is 0 Å². The summed E-state index contributed by atoms with van der Waals surface area (Å²) in [4.78, 5) is 4.75. The highest BCUT2D eigenvalue weighted by Gasteiger charge is 2.16. The summed E-state index contributed by atoms with van der Waals surface area (Å²) in [5.41, 5.74) is 4.56. The molecule has 172 valence electrons. The SMILES string of the molecule is CCN(CC)CCCN(Cc1cn(CC)c2ccccc12)C(=S)Nc1cccc(Cl)c1C. The van der Waals surface area contributed by atoms with Gasteiger partial charge in [-0.2, -0.15) is 0 Å². The number of nitrogens with one attached hydrogen (secondary N) is 1. The average molecular weight is 471 g/mol. The van der Waals surface area contributed by atoms with E-state index in [4.69, 9.17) is 23.8 Å². The third kappa shape index (κ3) is 5.83. The largest absolute Gasteiger partial charge is 0.347 e. The molecule has 0 atom stereocenters. The number of thiocarbonyl (C=S) groups is 1. The van der Waals surface area contributed by atoms with Crippen LogP contribution >= 0.6 is 23.8 Å². The third-order valence-electron chi connectivity index (χ3n) is 6.17. The molecule has 0 spiro atoms. The zero-order valence-corrected chi connectivity index (χ0v) is 21.3. The van der Waals surface area contributed by atoms with E-state index in [0.29, 0.717) is 0 Å². The zero-order chi connectivity index (χ0) is 23.1. The monoisotopic (exact) mass is 470 g/mol. The number of hydrogen-bond donors (Lipinski definition) is 1. The number of halogens is 1.